The summed E-state index contributed by atoms with van der Waals surface area (Å²) in [5.41, 5.74) is 1.67. The van der Waals surface area contributed by atoms with E-state index in [1.807, 2.05) is 25.1 Å². The maximum Gasteiger partial charge on any atom is 0.257 e. The molecule has 0 radical (unpaired) electrons. The van der Waals surface area contributed by atoms with E-state index >= 15 is 0 Å². The molecule has 0 bridgehead atoms. The summed E-state index contributed by atoms with van der Waals surface area (Å²) in [6.45, 7) is 3.22. The molecule has 0 aromatic heterocycles. The van der Waals surface area contributed by atoms with Crippen LogP contribution in [-0.4, -0.2) is 45.2 Å². The summed E-state index contributed by atoms with van der Waals surface area (Å²) in [6, 6.07) is 13.6. The van der Waals surface area contributed by atoms with Gasteiger partial charge in [0, 0.05) is 13.1 Å². The molecule has 134 valence electrons. The van der Waals surface area contributed by atoms with E-state index in [-0.39, 0.29) is 5.91 Å². The van der Waals surface area contributed by atoms with Crippen LogP contribution in [0.3, 0.4) is 0 Å². The number of nitrogens with zero attached hydrogens (tertiary/aromatic N) is 1. The third-order valence-electron chi connectivity index (χ3n) is 4.12. The van der Waals surface area contributed by atoms with Crippen molar-refractivity contribution in [1.29, 1.82) is 0 Å². The first-order valence-corrected chi connectivity index (χ1v) is 8.28. The Morgan fingerprint density at radius 3 is 2.16 bits per heavy atom. The van der Waals surface area contributed by atoms with Gasteiger partial charge in [-0.2, -0.15) is 0 Å². The zero-order valence-corrected chi connectivity index (χ0v) is 15.2. The van der Waals surface area contributed by atoms with E-state index in [1.165, 1.54) is 19.8 Å². The molecule has 0 fully saturated rings. The quantitative estimate of drug-likeness (QED) is 0.737. The standard InChI is InChI=1S/C20H25NO4/c1-5-21(14-13-15-9-7-6-8-10-15)20(22)16-11-12-17(23-2)19(25-4)18(16)24-3/h6-12H,5,13-14H2,1-4H3. The molecule has 2 aromatic rings. The third-order valence-corrected chi connectivity index (χ3v) is 4.12. The molecule has 1 amide bonds. The van der Waals surface area contributed by atoms with Crippen molar-refractivity contribution in [2.75, 3.05) is 34.4 Å². The summed E-state index contributed by atoms with van der Waals surface area (Å²) in [4.78, 5) is 14.8. The first-order valence-electron chi connectivity index (χ1n) is 8.28. The molecule has 5 heteroatoms. The second-order valence-corrected chi connectivity index (χ2v) is 5.50. The maximum atomic E-state index is 13.0. The molecule has 2 aromatic carbocycles. The minimum atomic E-state index is -0.0868. The molecule has 0 saturated carbocycles. The number of likely N-dealkylation sites (N-methyl/N-ethyl adjacent to an activating group) is 1. The lowest BCUT2D eigenvalue weighted by Gasteiger charge is -2.23. The minimum absolute atomic E-state index is 0.0868. The van der Waals surface area contributed by atoms with Crippen LogP contribution in [0.4, 0.5) is 0 Å². The number of methoxy groups -OCH3 is 3. The zero-order chi connectivity index (χ0) is 18.2. The fourth-order valence-corrected chi connectivity index (χ4v) is 2.75. The fraction of sp³-hybridized carbons (Fsp3) is 0.350. The molecule has 0 aliphatic heterocycles. The van der Waals surface area contributed by atoms with Gasteiger partial charge in [0.2, 0.25) is 5.75 Å². The second kappa shape index (κ2) is 8.97. The number of carbonyl (C=O) groups excluding carboxylic acids is 1. The molecule has 0 aliphatic carbocycles. The molecule has 0 atom stereocenters. The van der Waals surface area contributed by atoms with Gasteiger partial charge in [-0.1, -0.05) is 30.3 Å². The molecule has 0 spiro atoms. The third kappa shape index (κ3) is 4.24. The van der Waals surface area contributed by atoms with E-state index in [4.69, 9.17) is 14.2 Å². The van der Waals surface area contributed by atoms with Crippen LogP contribution in [0.2, 0.25) is 0 Å². The number of amides is 1. The predicted octanol–water partition coefficient (Wildman–Crippen LogP) is 3.42. The maximum absolute atomic E-state index is 13.0. The number of carbonyl (C=O) groups is 1. The van der Waals surface area contributed by atoms with Crippen molar-refractivity contribution in [3.8, 4) is 17.2 Å². The lowest BCUT2D eigenvalue weighted by molar-refractivity contribution is 0.0762. The van der Waals surface area contributed by atoms with Crippen molar-refractivity contribution >= 4 is 5.91 Å². The van der Waals surface area contributed by atoms with Crippen molar-refractivity contribution in [2.45, 2.75) is 13.3 Å². The number of rotatable bonds is 8. The van der Waals surface area contributed by atoms with Gasteiger partial charge in [-0.25, -0.2) is 0 Å². The van der Waals surface area contributed by atoms with E-state index in [2.05, 4.69) is 12.1 Å². The van der Waals surface area contributed by atoms with Crippen LogP contribution in [0.15, 0.2) is 42.5 Å². The SMILES string of the molecule is CCN(CCc1ccccc1)C(=O)c1ccc(OC)c(OC)c1OC. The first kappa shape index (κ1) is 18.6. The summed E-state index contributed by atoms with van der Waals surface area (Å²) < 4.78 is 16.1. The molecule has 0 saturated heterocycles. The van der Waals surface area contributed by atoms with Gasteiger partial charge < -0.3 is 19.1 Å². The molecule has 0 heterocycles. The van der Waals surface area contributed by atoms with Gasteiger partial charge in [0.15, 0.2) is 11.5 Å². The molecular formula is C20H25NO4. The zero-order valence-electron chi connectivity index (χ0n) is 15.2. The number of ether oxygens (including phenoxy) is 3. The van der Waals surface area contributed by atoms with Crippen LogP contribution >= 0.6 is 0 Å². The molecule has 25 heavy (non-hydrogen) atoms. The average Bonchev–Trinajstić information content (AvgIpc) is 2.67. The van der Waals surface area contributed by atoms with E-state index in [1.54, 1.807) is 24.1 Å². The summed E-state index contributed by atoms with van der Waals surface area (Å²) in [6.07, 6.45) is 0.802. The van der Waals surface area contributed by atoms with Gasteiger partial charge >= 0.3 is 0 Å². The topological polar surface area (TPSA) is 48.0 Å². The second-order valence-electron chi connectivity index (χ2n) is 5.50. The average molecular weight is 343 g/mol. The Bertz CT molecular complexity index is 700. The van der Waals surface area contributed by atoms with Crippen LogP contribution in [0.1, 0.15) is 22.8 Å². The van der Waals surface area contributed by atoms with Crippen molar-refractivity contribution in [3.05, 3.63) is 53.6 Å². The van der Waals surface area contributed by atoms with E-state index in [0.717, 1.165) is 6.42 Å². The molecule has 2 rings (SSSR count). The van der Waals surface area contributed by atoms with E-state index in [0.29, 0.717) is 35.9 Å². The van der Waals surface area contributed by atoms with Gasteiger partial charge in [-0.3, -0.25) is 4.79 Å². The molecular weight excluding hydrogens is 318 g/mol. The minimum Gasteiger partial charge on any atom is -0.493 e. The van der Waals surface area contributed by atoms with Crippen LogP contribution in [0.25, 0.3) is 0 Å². The first-order chi connectivity index (χ1) is 12.2. The van der Waals surface area contributed by atoms with Crippen molar-refractivity contribution < 1.29 is 19.0 Å². The summed E-state index contributed by atoms with van der Waals surface area (Å²) in [7, 11) is 4.60. The van der Waals surface area contributed by atoms with Crippen molar-refractivity contribution in [1.82, 2.24) is 4.90 Å². The highest BCUT2D eigenvalue weighted by atomic mass is 16.5. The van der Waals surface area contributed by atoms with Crippen LogP contribution in [0.5, 0.6) is 17.2 Å². The predicted molar refractivity (Wildman–Crippen MR) is 97.8 cm³/mol. The summed E-state index contributed by atoms with van der Waals surface area (Å²) in [5, 5.41) is 0. The van der Waals surface area contributed by atoms with Crippen LogP contribution < -0.4 is 14.2 Å². The molecule has 5 nitrogen and oxygen atoms in total. The Morgan fingerprint density at radius 1 is 0.920 bits per heavy atom. The molecule has 0 aliphatic rings. The fourth-order valence-electron chi connectivity index (χ4n) is 2.75. The molecule has 0 unspecified atom stereocenters. The molecule has 0 N–H and O–H groups in total. The Kier molecular flexibility index (Phi) is 6.69. The van der Waals surface area contributed by atoms with Gasteiger partial charge in [0.1, 0.15) is 0 Å². The Morgan fingerprint density at radius 2 is 1.60 bits per heavy atom. The lowest BCUT2D eigenvalue weighted by Crippen LogP contribution is -2.33. The summed E-state index contributed by atoms with van der Waals surface area (Å²) in [5.74, 6) is 1.26. The normalized spacial score (nSPS) is 10.2. The monoisotopic (exact) mass is 343 g/mol. The number of hydrogen-bond donors (Lipinski definition) is 0. The number of benzene rings is 2. The smallest absolute Gasteiger partial charge is 0.257 e. The Labute approximate surface area is 149 Å². The highest BCUT2D eigenvalue weighted by Crippen LogP contribution is 2.40. The highest BCUT2D eigenvalue weighted by Gasteiger charge is 2.23. The van der Waals surface area contributed by atoms with Crippen molar-refractivity contribution in [3.63, 3.8) is 0 Å². The number of hydrogen-bond acceptors (Lipinski definition) is 4. The van der Waals surface area contributed by atoms with Gasteiger partial charge in [-0.15, -0.1) is 0 Å². The summed E-state index contributed by atoms with van der Waals surface area (Å²) >= 11 is 0. The lowest BCUT2D eigenvalue weighted by atomic mass is 10.1. The Balaban J connectivity index is 2.24. The Hall–Kier alpha value is -2.69. The van der Waals surface area contributed by atoms with Gasteiger partial charge in [-0.05, 0) is 31.0 Å². The van der Waals surface area contributed by atoms with Gasteiger partial charge in [0.25, 0.3) is 5.91 Å². The van der Waals surface area contributed by atoms with E-state index < -0.39 is 0 Å². The van der Waals surface area contributed by atoms with Crippen molar-refractivity contribution in [2.24, 2.45) is 0 Å². The van der Waals surface area contributed by atoms with E-state index in [9.17, 15) is 4.79 Å². The highest BCUT2D eigenvalue weighted by molar-refractivity contribution is 5.98. The van der Waals surface area contributed by atoms with Crippen LogP contribution in [0, 0.1) is 0 Å². The largest absolute Gasteiger partial charge is 0.493 e. The van der Waals surface area contributed by atoms with Gasteiger partial charge in [0.05, 0.1) is 26.9 Å². The van der Waals surface area contributed by atoms with Crippen LogP contribution in [-0.2, 0) is 6.42 Å².